The van der Waals surface area contributed by atoms with Crippen molar-refractivity contribution in [3.63, 3.8) is 0 Å². The van der Waals surface area contributed by atoms with Crippen molar-refractivity contribution < 1.29 is 14.3 Å². The predicted octanol–water partition coefficient (Wildman–Crippen LogP) is 1.88. The molecule has 0 bridgehead atoms. The van der Waals surface area contributed by atoms with E-state index in [1.165, 1.54) is 0 Å². The van der Waals surface area contributed by atoms with Crippen molar-refractivity contribution in [1.82, 2.24) is 35.1 Å². The highest BCUT2D eigenvalue weighted by Crippen LogP contribution is 2.27. The summed E-state index contributed by atoms with van der Waals surface area (Å²) in [6.07, 6.45) is 3.54. The Bertz CT molecular complexity index is 1350. The van der Waals surface area contributed by atoms with Crippen LogP contribution in [-0.2, 0) is 17.8 Å². The lowest BCUT2D eigenvalue weighted by molar-refractivity contribution is 0.0963. The zero-order valence-electron chi connectivity index (χ0n) is 21.0. The number of benzene rings is 1. The van der Waals surface area contributed by atoms with Crippen LogP contribution in [-0.4, -0.2) is 77.4 Å². The minimum Gasteiger partial charge on any atom is -0.481 e. The SMILES string of the molecule is CNC(=O)c1ccc(CNCCn2cnc3c(N4CCOCC4)nc(-c4ccc(OC)nc4)nc32)cc1. The van der Waals surface area contributed by atoms with Crippen LogP contribution in [0.4, 0.5) is 5.82 Å². The molecule has 1 saturated heterocycles. The number of amides is 1. The van der Waals surface area contributed by atoms with Crippen LogP contribution < -0.4 is 20.3 Å². The van der Waals surface area contributed by atoms with E-state index in [-0.39, 0.29) is 5.91 Å². The second-order valence-corrected chi connectivity index (χ2v) is 8.62. The number of fused-ring (bicyclic) bond motifs is 1. The molecule has 0 saturated carbocycles. The number of pyridine rings is 1. The summed E-state index contributed by atoms with van der Waals surface area (Å²) >= 11 is 0. The van der Waals surface area contributed by atoms with Crippen molar-refractivity contribution in [3.05, 3.63) is 60.0 Å². The van der Waals surface area contributed by atoms with E-state index >= 15 is 0 Å². The van der Waals surface area contributed by atoms with Crippen LogP contribution in [0.25, 0.3) is 22.6 Å². The fourth-order valence-corrected chi connectivity index (χ4v) is 4.20. The van der Waals surface area contributed by atoms with Crippen molar-refractivity contribution >= 4 is 22.9 Å². The van der Waals surface area contributed by atoms with Crippen LogP contribution in [0, 0.1) is 0 Å². The Kier molecular flexibility index (Phi) is 7.52. The first kappa shape index (κ1) is 24.6. The minimum atomic E-state index is -0.0882. The first-order valence-electron chi connectivity index (χ1n) is 12.2. The summed E-state index contributed by atoms with van der Waals surface area (Å²) in [5.41, 5.74) is 4.11. The number of nitrogens with one attached hydrogen (secondary N) is 2. The predicted molar refractivity (Wildman–Crippen MR) is 140 cm³/mol. The first-order chi connectivity index (χ1) is 18.2. The Morgan fingerprint density at radius 2 is 1.89 bits per heavy atom. The van der Waals surface area contributed by atoms with Gasteiger partial charge in [-0.2, -0.15) is 0 Å². The largest absolute Gasteiger partial charge is 0.481 e. The van der Waals surface area contributed by atoms with Crippen LogP contribution in [0.1, 0.15) is 15.9 Å². The van der Waals surface area contributed by atoms with Gasteiger partial charge in [-0.15, -0.1) is 0 Å². The van der Waals surface area contributed by atoms with Gasteiger partial charge in [-0.3, -0.25) is 4.79 Å². The highest BCUT2D eigenvalue weighted by molar-refractivity contribution is 5.93. The molecule has 0 radical (unpaired) electrons. The molecule has 1 aliphatic rings. The number of methoxy groups -OCH3 is 1. The second kappa shape index (κ2) is 11.3. The van der Waals surface area contributed by atoms with Gasteiger partial charge >= 0.3 is 0 Å². The molecular formula is C26H30N8O3. The van der Waals surface area contributed by atoms with E-state index in [9.17, 15) is 4.79 Å². The molecule has 4 heterocycles. The minimum absolute atomic E-state index is 0.0882. The molecule has 1 fully saturated rings. The molecule has 5 rings (SSSR count). The van der Waals surface area contributed by atoms with Crippen molar-refractivity contribution in [2.75, 3.05) is 51.9 Å². The van der Waals surface area contributed by atoms with Crippen molar-refractivity contribution in [3.8, 4) is 17.3 Å². The average molecular weight is 503 g/mol. The van der Waals surface area contributed by atoms with Gasteiger partial charge in [0.25, 0.3) is 5.91 Å². The number of imidazole rings is 1. The molecule has 2 N–H and O–H groups in total. The third kappa shape index (κ3) is 5.52. The molecule has 0 aliphatic carbocycles. The van der Waals surface area contributed by atoms with Crippen molar-refractivity contribution in [1.29, 1.82) is 0 Å². The van der Waals surface area contributed by atoms with Crippen LogP contribution in [0.5, 0.6) is 5.88 Å². The van der Waals surface area contributed by atoms with Gasteiger partial charge in [0.15, 0.2) is 22.8 Å². The van der Waals surface area contributed by atoms with Crippen LogP contribution >= 0.6 is 0 Å². The molecule has 4 aromatic rings. The number of rotatable bonds is 9. The Morgan fingerprint density at radius 1 is 1.08 bits per heavy atom. The summed E-state index contributed by atoms with van der Waals surface area (Å²) < 4.78 is 12.8. The van der Waals surface area contributed by atoms with Gasteiger partial charge in [-0.05, 0) is 23.8 Å². The standard InChI is InChI=1S/C26H30N8O3/c1-27-26(35)19-5-3-18(4-6-19)15-28-9-10-34-17-30-22-24(33-11-13-37-14-12-33)31-23(32-25(22)34)20-7-8-21(36-2)29-16-20/h3-8,16-17,28H,9-15H2,1-2H3,(H,27,35). The van der Waals surface area contributed by atoms with Gasteiger partial charge < -0.3 is 29.6 Å². The molecule has 1 aromatic carbocycles. The number of hydrogen-bond acceptors (Lipinski definition) is 9. The summed E-state index contributed by atoms with van der Waals surface area (Å²) in [6, 6.07) is 11.3. The maximum absolute atomic E-state index is 11.7. The van der Waals surface area contributed by atoms with Gasteiger partial charge in [-0.25, -0.2) is 19.9 Å². The Labute approximate surface area is 214 Å². The Hall–Kier alpha value is -4.09. The monoisotopic (exact) mass is 502 g/mol. The highest BCUT2D eigenvalue weighted by Gasteiger charge is 2.21. The molecule has 1 aliphatic heterocycles. The third-order valence-corrected chi connectivity index (χ3v) is 6.26. The number of morpholine rings is 1. The number of carbonyl (C=O) groups excluding carboxylic acids is 1. The maximum Gasteiger partial charge on any atom is 0.251 e. The summed E-state index contributed by atoms with van der Waals surface area (Å²) in [5, 5.41) is 6.10. The molecule has 1 amide bonds. The van der Waals surface area contributed by atoms with E-state index < -0.39 is 0 Å². The van der Waals surface area contributed by atoms with E-state index in [4.69, 9.17) is 19.4 Å². The molecule has 0 atom stereocenters. The number of nitrogens with zero attached hydrogens (tertiary/aromatic N) is 6. The number of anilines is 1. The molecule has 37 heavy (non-hydrogen) atoms. The fraction of sp³-hybridized carbons (Fsp3) is 0.346. The van der Waals surface area contributed by atoms with Crippen LogP contribution in [0.3, 0.4) is 0 Å². The van der Waals surface area contributed by atoms with Crippen LogP contribution in [0.2, 0.25) is 0 Å². The molecule has 11 heteroatoms. The zero-order valence-corrected chi connectivity index (χ0v) is 21.0. The van der Waals surface area contributed by atoms with Gasteiger partial charge in [0.05, 0.1) is 26.7 Å². The van der Waals surface area contributed by atoms with Gasteiger partial charge in [0.1, 0.15) is 0 Å². The molecule has 3 aromatic heterocycles. The molecule has 11 nitrogen and oxygen atoms in total. The van der Waals surface area contributed by atoms with Crippen molar-refractivity contribution in [2.24, 2.45) is 0 Å². The van der Waals surface area contributed by atoms with E-state index in [1.807, 2.05) is 41.2 Å². The molecule has 0 spiro atoms. The van der Waals surface area contributed by atoms with E-state index in [0.717, 1.165) is 47.7 Å². The number of hydrogen-bond donors (Lipinski definition) is 2. The van der Waals surface area contributed by atoms with Gasteiger partial charge in [0, 0.05) is 63.2 Å². The van der Waals surface area contributed by atoms with Gasteiger partial charge in [-0.1, -0.05) is 12.1 Å². The lowest BCUT2D eigenvalue weighted by Gasteiger charge is -2.28. The third-order valence-electron chi connectivity index (χ3n) is 6.26. The second-order valence-electron chi connectivity index (χ2n) is 8.62. The molecule has 192 valence electrons. The number of carbonyl (C=O) groups is 1. The smallest absolute Gasteiger partial charge is 0.251 e. The number of aromatic nitrogens is 5. The van der Waals surface area contributed by atoms with E-state index in [1.54, 1.807) is 26.4 Å². The molecule has 0 unspecified atom stereocenters. The van der Waals surface area contributed by atoms with E-state index in [2.05, 4.69) is 25.5 Å². The fourth-order valence-electron chi connectivity index (χ4n) is 4.20. The van der Waals surface area contributed by atoms with Crippen LogP contribution in [0.15, 0.2) is 48.9 Å². The van der Waals surface area contributed by atoms with Gasteiger partial charge in [0.2, 0.25) is 5.88 Å². The summed E-state index contributed by atoms with van der Waals surface area (Å²) in [5.74, 6) is 1.85. The van der Waals surface area contributed by atoms with E-state index in [0.29, 0.717) is 43.6 Å². The maximum atomic E-state index is 11.7. The Balaban J connectivity index is 1.34. The Morgan fingerprint density at radius 3 is 2.59 bits per heavy atom. The molecular weight excluding hydrogens is 472 g/mol. The average Bonchev–Trinajstić information content (AvgIpc) is 3.38. The topological polar surface area (TPSA) is 119 Å². The normalized spacial score (nSPS) is 13.6. The quantitative estimate of drug-likeness (QED) is 0.331. The lowest BCUT2D eigenvalue weighted by Crippen LogP contribution is -2.37. The highest BCUT2D eigenvalue weighted by atomic mass is 16.5. The zero-order chi connectivity index (χ0) is 25.6. The lowest BCUT2D eigenvalue weighted by atomic mass is 10.1. The number of ether oxygens (including phenoxy) is 2. The first-order valence-corrected chi connectivity index (χ1v) is 12.2. The summed E-state index contributed by atoms with van der Waals surface area (Å²) in [4.78, 5) is 32.7. The summed E-state index contributed by atoms with van der Waals surface area (Å²) in [6.45, 7) is 4.90. The van der Waals surface area contributed by atoms with Crippen molar-refractivity contribution in [2.45, 2.75) is 13.1 Å². The summed E-state index contributed by atoms with van der Waals surface area (Å²) in [7, 11) is 3.22.